The summed E-state index contributed by atoms with van der Waals surface area (Å²) in [4.78, 5) is 22.3. The molecule has 2 unspecified atom stereocenters. The third kappa shape index (κ3) is 8.37. The molecule has 0 aromatic heterocycles. The molecule has 18 heavy (non-hydrogen) atoms. The van der Waals surface area contributed by atoms with Gasteiger partial charge in [0.25, 0.3) is 0 Å². The minimum Gasteiger partial charge on any atom is -0.396 e. The Bertz CT molecular complexity index is 228. The Labute approximate surface area is 109 Å². The van der Waals surface area contributed by atoms with Crippen molar-refractivity contribution >= 4 is 12.1 Å². The minimum atomic E-state index is -0.962. The second-order valence-electron chi connectivity index (χ2n) is 4.71. The highest BCUT2D eigenvalue weighted by Crippen LogP contribution is 2.13. The van der Waals surface area contributed by atoms with Gasteiger partial charge >= 0.3 is 0 Å². The molecule has 0 aliphatic rings. The number of rotatable bonds is 12. The number of carbonyl (C=O) groups is 1. The second-order valence-corrected chi connectivity index (χ2v) is 4.71. The van der Waals surface area contributed by atoms with Crippen LogP contribution < -0.4 is 0 Å². The number of hydrogen-bond donors (Lipinski definition) is 2. The van der Waals surface area contributed by atoms with E-state index in [1.165, 1.54) is 12.8 Å². The van der Waals surface area contributed by atoms with Gasteiger partial charge < -0.3 is 10.2 Å². The maximum absolute atomic E-state index is 11.6. The molecule has 0 aliphatic carbocycles. The van der Waals surface area contributed by atoms with Gasteiger partial charge in [-0.05, 0) is 12.8 Å². The maximum Gasteiger partial charge on any atom is 0.204 e. The number of Topliss-reactive ketones (excluding diaryl/α,β-unsaturated/α-hetero) is 1. The van der Waals surface area contributed by atoms with E-state index < -0.39 is 12.0 Å². The molecule has 4 nitrogen and oxygen atoms in total. The van der Waals surface area contributed by atoms with Crippen LogP contribution in [0.1, 0.15) is 58.3 Å². The summed E-state index contributed by atoms with van der Waals surface area (Å²) in [6.45, 7) is 1.95. The van der Waals surface area contributed by atoms with Crippen molar-refractivity contribution in [1.29, 1.82) is 0 Å². The molecule has 0 rings (SSSR count). The first-order valence-corrected chi connectivity index (χ1v) is 6.84. The first-order valence-electron chi connectivity index (χ1n) is 6.84. The standard InChI is InChI=1S/C14H25O4/c1-2-3-4-5-6-7-13(17)10-12(11-16)14(18)8-9-15/h12,14-15,18H,2-10H2,1H3. The van der Waals surface area contributed by atoms with Gasteiger partial charge in [0.2, 0.25) is 6.29 Å². The van der Waals surface area contributed by atoms with Crippen molar-refractivity contribution in [3.05, 3.63) is 0 Å². The lowest BCUT2D eigenvalue weighted by Gasteiger charge is -2.15. The van der Waals surface area contributed by atoms with Crippen molar-refractivity contribution in [1.82, 2.24) is 0 Å². The average molecular weight is 257 g/mol. The molecule has 0 aromatic carbocycles. The zero-order valence-electron chi connectivity index (χ0n) is 11.2. The fourth-order valence-corrected chi connectivity index (χ4v) is 1.86. The molecule has 0 aliphatic heterocycles. The van der Waals surface area contributed by atoms with Crippen LogP contribution >= 0.6 is 0 Å². The van der Waals surface area contributed by atoms with E-state index in [2.05, 4.69) is 6.92 Å². The Morgan fingerprint density at radius 3 is 2.44 bits per heavy atom. The third-order valence-electron chi connectivity index (χ3n) is 3.05. The molecular formula is C14H25O4. The molecule has 0 saturated carbocycles. The Morgan fingerprint density at radius 2 is 1.89 bits per heavy atom. The fraction of sp³-hybridized carbons (Fsp3) is 0.857. The van der Waals surface area contributed by atoms with Gasteiger partial charge in [0.15, 0.2) is 0 Å². The molecule has 105 valence electrons. The summed E-state index contributed by atoms with van der Waals surface area (Å²) in [5.41, 5.74) is 0. The first kappa shape index (κ1) is 17.3. The molecule has 0 fully saturated rings. The lowest BCUT2D eigenvalue weighted by atomic mass is 9.94. The van der Waals surface area contributed by atoms with Gasteiger partial charge in [-0.3, -0.25) is 9.59 Å². The Hall–Kier alpha value is -0.740. The number of unbranched alkanes of at least 4 members (excludes halogenated alkanes) is 4. The summed E-state index contributed by atoms with van der Waals surface area (Å²) in [5.74, 6) is -0.794. The van der Waals surface area contributed by atoms with Crippen LogP contribution in [0.4, 0.5) is 0 Å². The van der Waals surface area contributed by atoms with E-state index >= 15 is 0 Å². The van der Waals surface area contributed by atoms with Crippen LogP contribution in [0.2, 0.25) is 0 Å². The number of carbonyl (C=O) groups excluding carboxylic acids is 2. The van der Waals surface area contributed by atoms with Crippen LogP contribution in [0.3, 0.4) is 0 Å². The van der Waals surface area contributed by atoms with Crippen LogP contribution in [-0.2, 0) is 9.59 Å². The van der Waals surface area contributed by atoms with Gasteiger partial charge in [-0.1, -0.05) is 32.6 Å². The van der Waals surface area contributed by atoms with Gasteiger partial charge in [-0.15, -0.1) is 0 Å². The van der Waals surface area contributed by atoms with Crippen LogP contribution in [0.5, 0.6) is 0 Å². The van der Waals surface area contributed by atoms with E-state index in [1.54, 1.807) is 6.29 Å². The summed E-state index contributed by atoms with van der Waals surface area (Å²) in [7, 11) is 0. The zero-order chi connectivity index (χ0) is 13.8. The molecular weight excluding hydrogens is 232 g/mol. The Balaban J connectivity index is 3.79. The van der Waals surface area contributed by atoms with E-state index in [9.17, 15) is 14.7 Å². The predicted molar refractivity (Wildman–Crippen MR) is 69.9 cm³/mol. The highest BCUT2D eigenvalue weighted by atomic mass is 16.3. The lowest BCUT2D eigenvalue weighted by molar-refractivity contribution is -0.120. The minimum absolute atomic E-state index is 0.00293. The van der Waals surface area contributed by atoms with Crippen molar-refractivity contribution in [3.63, 3.8) is 0 Å². The summed E-state index contributed by atoms with van der Waals surface area (Å²) < 4.78 is 0. The van der Waals surface area contributed by atoms with Gasteiger partial charge in [0, 0.05) is 19.4 Å². The van der Waals surface area contributed by atoms with Crippen molar-refractivity contribution < 1.29 is 19.8 Å². The van der Waals surface area contributed by atoms with Crippen molar-refractivity contribution in [2.45, 2.75) is 64.4 Å². The highest BCUT2D eigenvalue weighted by Gasteiger charge is 2.21. The quantitative estimate of drug-likeness (QED) is 0.523. The first-order chi connectivity index (χ1) is 8.65. The van der Waals surface area contributed by atoms with E-state index in [4.69, 9.17) is 5.11 Å². The smallest absolute Gasteiger partial charge is 0.204 e. The topological polar surface area (TPSA) is 74.6 Å². The third-order valence-corrected chi connectivity index (χ3v) is 3.05. The largest absolute Gasteiger partial charge is 0.396 e. The van der Waals surface area contributed by atoms with Gasteiger partial charge in [-0.2, -0.15) is 0 Å². The monoisotopic (exact) mass is 257 g/mol. The van der Waals surface area contributed by atoms with Crippen molar-refractivity contribution in [2.75, 3.05) is 6.61 Å². The molecule has 4 heteroatoms. The molecule has 1 radical (unpaired) electrons. The Morgan fingerprint density at radius 1 is 1.22 bits per heavy atom. The lowest BCUT2D eigenvalue weighted by Crippen LogP contribution is -2.25. The summed E-state index contributed by atoms with van der Waals surface area (Å²) >= 11 is 0. The number of hydrogen-bond acceptors (Lipinski definition) is 4. The molecule has 0 spiro atoms. The zero-order valence-corrected chi connectivity index (χ0v) is 11.2. The average Bonchev–Trinajstić information content (AvgIpc) is 2.36. The molecule has 2 atom stereocenters. The Kier molecular flexibility index (Phi) is 10.9. The molecule has 0 aromatic rings. The van der Waals surface area contributed by atoms with Crippen LogP contribution in [0.25, 0.3) is 0 Å². The summed E-state index contributed by atoms with van der Waals surface area (Å²) in [6, 6.07) is 0. The van der Waals surface area contributed by atoms with E-state index in [0.717, 1.165) is 19.3 Å². The van der Waals surface area contributed by atoms with Crippen LogP contribution in [0.15, 0.2) is 0 Å². The van der Waals surface area contributed by atoms with Crippen molar-refractivity contribution in [3.8, 4) is 0 Å². The number of ketones is 1. The SMILES string of the molecule is CCCCCCCC(=O)CC([C]=O)C(O)CCO. The number of aliphatic hydroxyl groups is 2. The van der Waals surface area contributed by atoms with Crippen LogP contribution in [0, 0.1) is 5.92 Å². The number of aliphatic hydroxyl groups excluding tert-OH is 2. The second kappa shape index (κ2) is 11.4. The van der Waals surface area contributed by atoms with Gasteiger partial charge in [0.05, 0.1) is 12.0 Å². The summed E-state index contributed by atoms with van der Waals surface area (Å²) in [6.07, 6.45) is 6.74. The van der Waals surface area contributed by atoms with Gasteiger partial charge in [0.1, 0.15) is 5.78 Å². The maximum atomic E-state index is 11.6. The molecule has 0 bridgehead atoms. The predicted octanol–water partition coefficient (Wildman–Crippen LogP) is 1.78. The molecule has 0 saturated heterocycles. The van der Waals surface area contributed by atoms with E-state index in [-0.39, 0.29) is 25.2 Å². The molecule has 2 N–H and O–H groups in total. The van der Waals surface area contributed by atoms with Gasteiger partial charge in [-0.25, -0.2) is 0 Å². The normalized spacial score (nSPS) is 14.2. The fourth-order valence-electron chi connectivity index (χ4n) is 1.86. The molecule has 0 amide bonds. The molecule has 0 heterocycles. The van der Waals surface area contributed by atoms with E-state index in [1.807, 2.05) is 0 Å². The summed E-state index contributed by atoms with van der Waals surface area (Å²) in [5, 5.41) is 18.2. The highest BCUT2D eigenvalue weighted by molar-refractivity contribution is 5.81. The van der Waals surface area contributed by atoms with Crippen LogP contribution in [-0.4, -0.2) is 35.0 Å². The van der Waals surface area contributed by atoms with Crippen molar-refractivity contribution in [2.24, 2.45) is 5.92 Å². The van der Waals surface area contributed by atoms with E-state index in [0.29, 0.717) is 6.42 Å².